The third-order valence-corrected chi connectivity index (χ3v) is 12.0. The van der Waals surface area contributed by atoms with Crippen molar-refractivity contribution >= 4 is 75.4 Å². The summed E-state index contributed by atoms with van der Waals surface area (Å²) in [7, 11) is -16.4. The highest BCUT2D eigenvalue weighted by Gasteiger charge is 2.50. The van der Waals surface area contributed by atoms with E-state index in [1.165, 1.54) is 13.8 Å². The van der Waals surface area contributed by atoms with Crippen molar-refractivity contribution < 1.29 is 101 Å². The number of nitrogens with zero attached hydrogens (tertiary/aromatic N) is 4. The second kappa shape index (κ2) is 24.2. The fourth-order valence-electron chi connectivity index (χ4n) is 4.77. The van der Waals surface area contributed by atoms with Crippen molar-refractivity contribution in [2.24, 2.45) is 5.41 Å². The Morgan fingerprint density at radius 1 is 1.03 bits per heavy atom. The third kappa shape index (κ3) is 18.0. The quantitative estimate of drug-likeness (QED) is 0.0291. The summed E-state index contributed by atoms with van der Waals surface area (Å²) in [4.78, 5) is 96.4. The van der Waals surface area contributed by atoms with E-state index in [-0.39, 0.29) is 47.9 Å². The van der Waals surface area contributed by atoms with Crippen molar-refractivity contribution in [3.63, 3.8) is 0 Å². The number of phosphoric ester groups is 3. The minimum Gasteiger partial charge on any atom is -0.394 e. The number of thioether (sulfide) groups is 1. The maximum absolute atomic E-state index is 12.6. The number of fused-ring (bicyclic) bond motifs is 1. The number of aliphatic hydroxyl groups excluding tert-OH is 5. The van der Waals surface area contributed by atoms with Crippen LogP contribution in [0.4, 0.5) is 5.82 Å². The molecule has 1 aliphatic rings. The molecule has 28 nitrogen and oxygen atoms in total. The van der Waals surface area contributed by atoms with Gasteiger partial charge in [-0.05, 0) is 6.42 Å². The standard InChI is InChI=1S/C25H42N7O17P3S.C4H8O4/c1-4-5-16(34)53-9-8-27-15(33)6-7-28-23(37)20(36)25(2,3)11-46-52(43,44)49-51(41,42)45-10-14-19(48-50(38,39)40)18(35)24(47-14)32-13-31-17-21(26)29-12-30-22(17)32;5-1-3(7)4(8)2-6/h12-14,18-20,24,35-36H,4-11H2,1-3H3,(H,27,33)(H,28,37)(H,41,42)(H,43,44)(H2,26,29,30)(H2,38,39,40);1,3-4,6-8H,2H2/t14-,18-,19-,20+,24-;3-,4+/m10/s1. The van der Waals surface area contributed by atoms with Crippen LogP contribution in [0.5, 0.6) is 0 Å². The van der Waals surface area contributed by atoms with Gasteiger partial charge in [-0.25, -0.2) is 28.6 Å². The van der Waals surface area contributed by atoms with E-state index in [9.17, 15) is 62.7 Å². The van der Waals surface area contributed by atoms with Crippen LogP contribution in [0.2, 0.25) is 0 Å². The van der Waals surface area contributed by atoms with E-state index in [1.54, 1.807) is 0 Å². The molecule has 61 heavy (non-hydrogen) atoms. The molecular weight excluding hydrogens is 907 g/mol. The molecule has 348 valence electrons. The second-order valence-corrected chi connectivity index (χ2v) is 18.8. The molecule has 1 fully saturated rings. The van der Waals surface area contributed by atoms with Gasteiger partial charge in [0.25, 0.3) is 0 Å². The lowest BCUT2D eigenvalue weighted by molar-refractivity contribution is -0.137. The number of nitrogens with one attached hydrogen (secondary N) is 2. The van der Waals surface area contributed by atoms with Gasteiger partial charge in [0.15, 0.2) is 29.1 Å². The number of anilines is 1. The molecule has 0 bridgehead atoms. The van der Waals surface area contributed by atoms with Gasteiger partial charge in [-0.15, -0.1) is 0 Å². The van der Waals surface area contributed by atoms with E-state index in [0.29, 0.717) is 12.2 Å². The molecule has 1 aliphatic heterocycles. The predicted octanol–water partition coefficient (Wildman–Crippen LogP) is -2.64. The van der Waals surface area contributed by atoms with Crippen molar-refractivity contribution in [2.45, 2.75) is 82.9 Å². The highest BCUT2D eigenvalue weighted by Crippen LogP contribution is 2.61. The van der Waals surface area contributed by atoms with Crippen molar-refractivity contribution in [3.05, 3.63) is 12.7 Å². The Labute approximate surface area is 351 Å². The predicted molar refractivity (Wildman–Crippen MR) is 207 cm³/mol. The van der Waals surface area contributed by atoms with Crippen LogP contribution in [-0.2, 0) is 55.5 Å². The van der Waals surface area contributed by atoms with E-state index in [0.717, 1.165) is 35.4 Å². The normalized spacial score (nSPS) is 21.6. The summed E-state index contributed by atoms with van der Waals surface area (Å²) in [6, 6.07) is 0. The number of rotatable bonds is 24. The second-order valence-electron chi connectivity index (χ2n) is 13.4. The molecule has 2 aromatic heterocycles. The van der Waals surface area contributed by atoms with Gasteiger partial charge < -0.3 is 71.0 Å². The largest absolute Gasteiger partial charge is 0.481 e. The summed E-state index contributed by atoms with van der Waals surface area (Å²) in [5.74, 6) is -1.06. The molecule has 0 spiro atoms. The maximum Gasteiger partial charge on any atom is 0.481 e. The Hall–Kier alpha value is -2.89. The number of carbonyl (C=O) groups excluding carboxylic acids is 4. The molecule has 9 atom stereocenters. The van der Waals surface area contributed by atoms with Gasteiger partial charge >= 0.3 is 23.5 Å². The Balaban J connectivity index is 0.00000145. The lowest BCUT2D eigenvalue weighted by Gasteiger charge is -2.30. The summed E-state index contributed by atoms with van der Waals surface area (Å²) in [5.41, 5.74) is 4.27. The van der Waals surface area contributed by atoms with Crippen LogP contribution in [0.3, 0.4) is 0 Å². The zero-order chi connectivity index (χ0) is 46.3. The van der Waals surface area contributed by atoms with Gasteiger partial charge in [0.2, 0.25) is 11.8 Å². The molecule has 32 heteroatoms. The summed E-state index contributed by atoms with van der Waals surface area (Å²) in [5, 5.41) is 51.1. The van der Waals surface area contributed by atoms with Crippen LogP contribution in [-0.4, -0.2) is 163 Å². The zero-order valence-electron chi connectivity index (χ0n) is 32.7. The Bertz CT molecular complexity index is 1920. The monoisotopic (exact) mass is 957 g/mol. The number of hydrogen-bond acceptors (Lipinski definition) is 22. The Kier molecular flexibility index (Phi) is 21.6. The molecule has 2 unspecified atom stereocenters. The number of ether oxygens (including phenoxy) is 1. The van der Waals surface area contributed by atoms with Gasteiger partial charge in [0, 0.05) is 37.1 Å². The highest BCUT2D eigenvalue weighted by molar-refractivity contribution is 8.13. The van der Waals surface area contributed by atoms with Gasteiger partial charge in [0.05, 0.1) is 26.1 Å². The lowest BCUT2D eigenvalue weighted by Crippen LogP contribution is -2.46. The third-order valence-electron chi connectivity index (χ3n) is 7.94. The average molecular weight is 958 g/mol. The molecule has 0 aliphatic carbocycles. The fourth-order valence-corrected chi connectivity index (χ4v) is 8.38. The van der Waals surface area contributed by atoms with Crippen LogP contribution >= 0.6 is 35.2 Å². The fraction of sp³-hybridized carbons (Fsp3) is 0.690. The first-order chi connectivity index (χ1) is 28.3. The van der Waals surface area contributed by atoms with E-state index < -0.39 is 103 Å². The average Bonchev–Trinajstić information content (AvgIpc) is 3.74. The maximum atomic E-state index is 12.6. The first kappa shape index (κ1) is 54.2. The lowest BCUT2D eigenvalue weighted by atomic mass is 9.87. The van der Waals surface area contributed by atoms with E-state index in [4.69, 9.17) is 34.8 Å². The number of carbonyl (C=O) groups is 4. The minimum absolute atomic E-state index is 0.0127. The van der Waals surface area contributed by atoms with Crippen LogP contribution in [0, 0.1) is 5.41 Å². The van der Waals surface area contributed by atoms with Crippen molar-refractivity contribution in [1.82, 2.24) is 30.2 Å². The minimum atomic E-state index is -5.56. The van der Waals surface area contributed by atoms with Crippen molar-refractivity contribution in [1.29, 1.82) is 0 Å². The summed E-state index contributed by atoms with van der Waals surface area (Å²) in [6.45, 7) is 1.82. The summed E-state index contributed by atoms with van der Waals surface area (Å²) < 4.78 is 61.9. The smallest absolute Gasteiger partial charge is 0.394 e. The number of aromatic nitrogens is 4. The Morgan fingerprint density at radius 3 is 2.28 bits per heavy atom. The number of hydrogen-bond donors (Lipinski definition) is 12. The number of aldehydes is 1. The molecule has 1 saturated heterocycles. The van der Waals surface area contributed by atoms with Crippen LogP contribution in [0.25, 0.3) is 11.2 Å². The van der Waals surface area contributed by atoms with Crippen molar-refractivity contribution in [2.75, 3.05) is 44.4 Å². The van der Waals surface area contributed by atoms with Crippen molar-refractivity contribution in [3.8, 4) is 0 Å². The number of nitrogen functional groups attached to an aromatic ring is 1. The molecule has 2 aromatic rings. The zero-order valence-corrected chi connectivity index (χ0v) is 36.2. The van der Waals surface area contributed by atoms with Gasteiger partial charge in [-0.3, -0.25) is 32.5 Å². The SMILES string of the molecule is CCCC(=O)SCCNC(=O)CCNC(=O)[C@H](O)C(C)(C)COP(=O)(O)OP(=O)(O)OC[C@H]1O[C@@H](n2cnc3c(N)ncnc32)[C@H](O)[C@@H]1OP(=O)(O)O.O=C[C@H](O)[C@H](O)CO. The topological polar surface area (TPSA) is 441 Å². The number of amides is 2. The highest BCUT2D eigenvalue weighted by atomic mass is 32.2. The van der Waals surface area contributed by atoms with Gasteiger partial charge in [-0.2, -0.15) is 4.31 Å². The first-order valence-corrected chi connectivity index (χ1v) is 23.3. The van der Waals surface area contributed by atoms with Crippen LogP contribution < -0.4 is 16.4 Å². The number of phosphoric acid groups is 3. The number of aliphatic hydroxyl groups is 5. The molecule has 13 N–H and O–H groups in total. The van der Waals surface area contributed by atoms with Crippen LogP contribution in [0.15, 0.2) is 12.7 Å². The molecule has 2 amide bonds. The molecule has 0 aromatic carbocycles. The van der Waals surface area contributed by atoms with Crippen LogP contribution in [0.1, 0.15) is 46.3 Å². The molecule has 0 saturated carbocycles. The van der Waals surface area contributed by atoms with Gasteiger partial charge in [-0.1, -0.05) is 32.5 Å². The number of imidazole rings is 1. The number of nitrogens with two attached hydrogens (primary N) is 1. The molecule has 0 radical (unpaired) electrons. The summed E-state index contributed by atoms with van der Waals surface area (Å²) in [6.07, 6.45) is -8.36. The first-order valence-electron chi connectivity index (χ1n) is 17.7. The molecule has 3 rings (SSSR count). The van der Waals surface area contributed by atoms with E-state index in [1.807, 2.05) is 6.92 Å². The summed E-state index contributed by atoms with van der Waals surface area (Å²) >= 11 is 1.09. The van der Waals surface area contributed by atoms with E-state index in [2.05, 4.69) is 34.4 Å². The molecular formula is C29H50N7O21P3S. The van der Waals surface area contributed by atoms with E-state index >= 15 is 0 Å². The van der Waals surface area contributed by atoms with Gasteiger partial charge in [0.1, 0.15) is 48.5 Å². The molecule has 3 heterocycles. The Morgan fingerprint density at radius 2 is 1.69 bits per heavy atom.